The molecular weight excluding hydrogens is 277 g/mol. The number of aromatic nitrogens is 1. The van der Waals surface area contributed by atoms with Gasteiger partial charge in [0.25, 0.3) is 0 Å². The molecule has 0 spiro atoms. The molecule has 4 aromatic rings. The van der Waals surface area contributed by atoms with Gasteiger partial charge in [-0.3, -0.25) is 0 Å². The van der Waals surface area contributed by atoms with Crippen LogP contribution in [0.5, 0.6) is 5.75 Å². The Kier molecular flexibility index (Phi) is 2.86. The van der Waals surface area contributed by atoms with E-state index in [4.69, 9.17) is 4.74 Å². The van der Waals surface area contributed by atoms with Gasteiger partial charge in [0.05, 0.1) is 7.11 Å². The number of nitrogens with one attached hydrogen (secondary N) is 1. The van der Waals surface area contributed by atoms with Gasteiger partial charge < -0.3 is 9.72 Å². The summed E-state index contributed by atoms with van der Waals surface area (Å²) < 4.78 is 18.5. The first kappa shape index (κ1) is 12.9. The molecule has 0 aliphatic rings. The number of hydrogen-bond donors (Lipinski definition) is 1. The SMILES string of the molecule is COc1ccc2cc(-c3cc4ccc(F)cc4[nH]3)ccc2c1. The van der Waals surface area contributed by atoms with Gasteiger partial charge in [-0.15, -0.1) is 0 Å². The van der Waals surface area contributed by atoms with Crippen molar-refractivity contribution >= 4 is 21.7 Å². The van der Waals surface area contributed by atoms with Gasteiger partial charge >= 0.3 is 0 Å². The highest BCUT2D eigenvalue weighted by atomic mass is 19.1. The lowest BCUT2D eigenvalue weighted by Gasteiger charge is -2.04. The monoisotopic (exact) mass is 291 g/mol. The standard InChI is InChI=1S/C19H14FNO/c1-22-17-7-5-12-8-14(3-2-13(12)9-17)18-10-15-4-6-16(20)11-19(15)21-18/h2-11,21H,1H3. The average Bonchev–Trinajstić information content (AvgIpc) is 2.96. The van der Waals surface area contributed by atoms with Crippen LogP contribution in [0, 0.1) is 5.82 Å². The van der Waals surface area contributed by atoms with Crippen LogP contribution in [-0.4, -0.2) is 12.1 Å². The summed E-state index contributed by atoms with van der Waals surface area (Å²) in [4.78, 5) is 3.28. The van der Waals surface area contributed by atoms with Crippen molar-refractivity contribution in [3.8, 4) is 17.0 Å². The maximum atomic E-state index is 13.3. The summed E-state index contributed by atoms with van der Waals surface area (Å²) >= 11 is 0. The van der Waals surface area contributed by atoms with Crippen molar-refractivity contribution in [3.63, 3.8) is 0 Å². The van der Waals surface area contributed by atoms with Crippen LogP contribution in [0.1, 0.15) is 0 Å². The number of rotatable bonds is 2. The third kappa shape index (κ3) is 2.11. The molecule has 3 heteroatoms. The van der Waals surface area contributed by atoms with Crippen molar-refractivity contribution in [1.29, 1.82) is 0 Å². The van der Waals surface area contributed by atoms with Crippen LogP contribution in [0.25, 0.3) is 32.9 Å². The summed E-state index contributed by atoms with van der Waals surface area (Å²) in [5.74, 6) is 0.618. The van der Waals surface area contributed by atoms with Crippen LogP contribution in [0.4, 0.5) is 4.39 Å². The Morgan fingerprint density at radius 1 is 0.818 bits per heavy atom. The van der Waals surface area contributed by atoms with Crippen LogP contribution in [-0.2, 0) is 0 Å². The first-order valence-corrected chi connectivity index (χ1v) is 7.09. The Labute approximate surface area is 127 Å². The second kappa shape index (κ2) is 4.88. The van der Waals surface area contributed by atoms with Crippen molar-refractivity contribution in [3.05, 3.63) is 66.5 Å². The number of benzene rings is 3. The molecule has 0 saturated heterocycles. The molecule has 0 fully saturated rings. The molecule has 0 bridgehead atoms. The lowest BCUT2D eigenvalue weighted by atomic mass is 10.0. The van der Waals surface area contributed by atoms with Crippen LogP contribution >= 0.6 is 0 Å². The fourth-order valence-corrected chi connectivity index (χ4v) is 2.77. The first-order valence-electron chi connectivity index (χ1n) is 7.09. The zero-order valence-electron chi connectivity index (χ0n) is 12.1. The fraction of sp³-hybridized carbons (Fsp3) is 0.0526. The topological polar surface area (TPSA) is 25.0 Å². The van der Waals surface area contributed by atoms with Gasteiger partial charge in [-0.25, -0.2) is 4.39 Å². The van der Waals surface area contributed by atoms with E-state index < -0.39 is 0 Å². The molecule has 0 radical (unpaired) electrons. The third-order valence-electron chi connectivity index (χ3n) is 3.94. The molecule has 2 nitrogen and oxygen atoms in total. The minimum atomic E-state index is -0.230. The number of methoxy groups -OCH3 is 1. The summed E-state index contributed by atoms with van der Waals surface area (Å²) in [6, 6.07) is 19.1. The maximum Gasteiger partial charge on any atom is 0.125 e. The van der Waals surface area contributed by atoms with E-state index >= 15 is 0 Å². The van der Waals surface area contributed by atoms with Crippen LogP contribution in [0.15, 0.2) is 60.7 Å². The first-order chi connectivity index (χ1) is 10.7. The molecule has 0 saturated carbocycles. The summed E-state index contributed by atoms with van der Waals surface area (Å²) in [7, 11) is 1.67. The Morgan fingerprint density at radius 2 is 1.59 bits per heavy atom. The predicted molar refractivity (Wildman–Crippen MR) is 87.8 cm³/mol. The molecule has 0 amide bonds. The molecule has 0 aliphatic heterocycles. The Morgan fingerprint density at radius 3 is 2.45 bits per heavy atom. The molecule has 22 heavy (non-hydrogen) atoms. The normalized spacial score (nSPS) is 11.2. The Balaban J connectivity index is 1.84. The number of halogens is 1. The quantitative estimate of drug-likeness (QED) is 0.543. The van der Waals surface area contributed by atoms with Gasteiger partial charge in [-0.1, -0.05) is 18.2 Å². The molecule has 0 unspecified atom stereocenters. The molecule has 3 aromatic carbocycles. The number of ether oxygens (including phenoxy) is 1. The van der Waals surface area contributed by atoms with E-state index in [-0.39, 0.29) is 5.82 Å². The van der Waals surface area contributed by atoms with Crippen molar-refractivity contribution < 1.29 is 9.13 Å². The second-order valence-electron chi connectivity index (χ2n) is 5.34. The fourth-order valence-electron chi connectivity index (χ4n) is 2.77. The van der Waals surface area contributed by atoms with Gasteiger partial charge in [-0.05, 0) is 58.8 Å². The number of H-pyrrole nitrogens is 1. The van der Waals surface area contributed by atoms with E-state index in [1.165, 1.54) is 12.1 Å². The van der Waals surface area contributed by atoms with E-state index in [2.05, 4.69) is 23.2 Å². The minimum Gasteiger partial charge on any atom is -0.497 e. The molecule has 0 aliphatic carbocycles. The van der Waals surface area contributed by atoms with E-state index in [9.17, 15) is 4.39 Å². The largest absolute Gasteiger partial charge is 0.497 e. The Hall–Kier alpha value is -2.81. The van der Waals surface area contributed by atoms with Crippen LogP contribution in [0.2, 0.25) is 0 Å². The molecule has 0 atom stereocenters. The highest BCUT2D eigenvalue weighted by Gasteiger charge is 2.06. The number of fused-ring (bicyclic) bond motifs is 2. The number of aromatic amines is 1. The summed E-state index contributed by atoms with van der Waals surface area (Å²) in [5, 5.41) is 3.28. The van der Waals surface area contributed by atoms with E-state index in [0.29, 0.717) is 0 Å². The van der Waals surface area contributed by atoms with Crippen molar-refractivity contribution in [1.82, 2.24) is 4.98 Å². The number of hydrogen-bond acceptors (Lipinski definition) is 1. The molecule has 1 heterocycles. The van der Waals surface area contributed by atoms with Gasteiger partial charge in [0, 0.05) is 16.6 Å². The van der Waals surface area contributed by atoms with Crippen molar-refractivity contribution in [2.75, 3.05) is 7.11 Å². The third-order valence-corrected chi connectivity index (χ3v) is 3.94. The van der Waals surface area contributed by atoms with Crippen LogP contribution < -0.4 is 4.74 Å². The van der Waals surface area contributed by atoms with Gasteiger partial charge in [0.15, 0.2) is 0 Å². The summed E-state index contributed by atoms with van der Waals surface area (Å²) in [6.45, 7) is 0. The lowest BCUT2D eigenvalue weighted by Crippen LogP contribution is -1.83. The van der Waals surface area contributed by atoms with E-state index in [1.54, 1.807) is 13.2 Å². The van der Waals surface area contributed by atoms with E-state index in [0.717, 1.165) is 38.7 Å². The maximum absolute atomic E-state index is 13.3. The molecular formula is C19H14FNO. The predicted octanol–water partition coefficient (Wildman–Crippen LogP) is 5.14. The molecule has 4 rings (SSSR count). The Bertz CT molecular complexity index is 987. The molecule has 1 aromatic heterocycles. The summed E-state index contributed by atoms with van der Waals surface area (Å²) in [6.07, 6.45) is 0. The van der Waals surface area contributed by atoms with Gasteiger partial charge in [-0.2, -0.15) is 0 Å². The second-order valence-corrected chi connectivity index (χ2v) is 5.34. The smallest absolute Gasteiger partial charge is 0.125 e. The van der Waals surface area contributed by atoms with Crippen LogP contribution in [0.3, 0.4) is 0 Å². The van der Waals surface area contributed by atoms with E-state index in [1.807, 2.05) is 24.3 Å². The summed E-state index contributed by atoms with van der Waals surface area (Å²) in [5.41, 5.74) is 2.87. The molecule has 108 valence electrons. The van der Waals surface area contributed by atoms with Crippen molar-refractivity contribution in [2.45, 2.75) is 0 Å². The van der Waals surface area contributed by atoms with Gasteiger partial charge in [0.2, 0.25) is 0 Å². The molecule has 1 N–H and O–H groups in total. The van der Waals surface area contributed by atoms with Crippen molar-refractivity contribution in [2.24, 2.45) is 0 Å². The highest BCUT2D eigenvalue weighted by molar-refractivity contribution is 5.91. The zero-order valence-corrected chi connectivity index (χ0v) is 12.1. The average molecular weight is 291 g/mol. The lowest BCUT2D eigenvalue weighted by molar-refractivity contribution is 0.415. The zero-order chi connectivity index (χ0) is 15.1. The van der Waals surface area contributed by atoms with Gasteiger partial charge in [0.1, 0.15) is 11.6 Å². The minimum absolute atomic E-state index is 0.230. The highest BCUT2D eigenvalue weighted by Crippen LogP contribution is 2.29.